The molecule has 0 spiro atoms. The Bertz CT molecular complexity index is 440. The first-order valence-electron chi connectivity index (χ1n) is 9.87. The summed E-state index contributed by atoms with van der Waals surface area (Å²) in [6.45, 7) is 22.5. The molecule has 4 atom stereocenters. The third kappa shape index (κ3) is 8.93. The van der Waals surface area contributed by atoms with Gasteiger partial charge in [-0.3, -0.25) is 0 Å². The first-order chi connectivity index (χ1) is 11.9. The lowest BCUT2D eigenvalue weighted by molar-refractivity contribution is -0.118. The second-order valence-corrected chi connectivity index (χ2v) is 13.7. The summed E-state index contributed by atoms with van der Waals surface area (Å²) in [6.07, 6.45) is 3.77. The summed E-state index contributed by atoms with van der Waals surface area (Å²) >= 11 is 0. The van der Waals surface area contributed by atoms with Gasteiger partial charge in [0.15, 0.2) is 14.6 Å². The van der Waals surface area contributed by atoms with Crippen molar-refractivity contribution in [3.05, 3.63) is 11.6 Å². The fourth-order valence-electron chi connectivity index (χ4n) is 2.65. The minimum absolute atomic E-state index is 0.0555. The van der Waals surface area contributed by atoms with Gasteiger partial charge in [-0.05, 0) is 51.2 Å². The lowest BCUT2D eigenvalue weighted by Gasteiger charge is -2.42. The second-order valence-electron chi connectivity index (χ2n) is 8.93. The molecule has 1 unspecified atom stereocenters. The van der Waals surface area contributed by atoms with Crippen LogP contribution in [0.25, 0.3) is 0 Å². The number of hydrogen-bond donors (Lipinski definition) is 0. The van der Waals surface area contributed by atoms with Gasteiger partial charge in [-0.2, -0.15) is 0 Å². The van der Waals surface area contributed by atoms with Crippen molar-refractivity contribution in [2.75, 3.05) is 13.2 Å². The summed E-state index contributed by atoms with van der Waals surface area (Å²) in [5.41, 5.74) is 1.25. The van der Waals surface area contributed by atoms with Crippen molar-refractivity contribution in [2.45, 2.75) is 92.3 Å². The van der Waals surface area contributed by atoms with Crippen LogP contribution in [0, 0.1) is 11.8 Å². The van der Waals surface area contributed by atoms with E-state index in [9.17, 15) is 4.79 Å². The number of hydrogen-bond acceptors (Lipinski definition) is 4. The summed E-state index contributed by atoms with van der Waals surface area (Å²) in [5.74, 6) is 0.158. The van der Waals surface area contributed by atoms with Gasteiger partial charge in [0.05, 0.1) is 12.7 Å². The van der Waals surface area contributed by atoms with Crippen molar-refractivity contribution in [3.8, 4) is 0 Å². The third-order valence-electron chi connectivity index (χ3n) is 5.34. The van der Waals surface area contributed by atoms with Gasteiger partial charge in [-0.15, -0.1) is 0 Å². The number of carbonyl (C=O) groups is 1. The summed E-state index contributed by atoms with van der Waals surface area (Å²) < 4.78 is 17.6. The molecule has 0 amide bonds. The molecule has 0 aromatic carbocycles. The third-order valence-corrected chi connectivity index (χ3v) is 9.81. The minimum atomic E-state index is -1.93. The molecular weight excluding hydrogens is 344 g/mol. The van der Waals surface area contributed by atoms with Gasteiger partial charge in [0.1, 0.15) is 6.29 Å². The molecule has 0 saturated carbocycles. The highest BCUT2D eigenvalue weighted by Gasteiger charge is 2.41. The van der Waals surface area contributed by atoms with Crippen LogP contribution in [0.4, 0.5) is 0 Å². The van der Waals surface area contributed by atoms with Crippen LogP contribution in [-0.2, 0) is 18.7 Å². The SMILES string of the molecule is CCOC(C)OC/C=C(\C)C[C@H](C)[C@H](O[Si](C)(C)C(C)(C)C)[C@H](C)C=O. The molecule has 0 aliphatic heterocycles. The maximum absolute atomic E-state index is 11.5. The van der Waals surface area contributed by atoms with Gasteiger partial charge in [0, 0.05) is 12.5 Å². The van der Waals surface area contributed by atoms with Gasteiger partial charge in [-0.1, -0.05) is 46.3 Å². The molecule has 0 aliphatic carbocycles. The standard InChI is InChI=1S/C21H42O4Si/c1-11-23-19(5)24-13-12-16(2)14-17(3)20(18(4)15-22)25-26(9,10)21(6,7)8/h12,15,17-20H,11,13-14H2,1-10H3/b16-12+/t17-,18+,19?,20-/m0/s1. The topological polar surface area (TPSA) is 44.8 Å². The molecule has 0 rings (SSSR count). The van der Waals surface area contributed by atoms with Gasteiger partial charge in [0.2, 0.25) is 0 Å². The van der Waals surface area contributed by atoms with E-state index in [2.05, 4.69) is 53.8 Å². The van der Waals surface area contributed by atoms with E-state index in [1.54, 1.807) is 0 Å². The summed E-state index contributed by atoms with van der Waals surface area (Å²) in [5, 5.41) is 0.127. The van der Waals surface area contributed by atoms with Crippen molar-refractivity contribution >= 4 is 14.6 Å². The van der Waals surface area contributed by atoms with Gasteiger partial charge < -0.3 is 18.7 Å². The van der Waals surface area contributed by atoms with Crippen molar-refractivity contribution in [1.29, 1.82) is 0 Å². The highest BCUT2D eigenvalue weighted by molar-refractivity contribution is 6.74. The van der Waals surface area contributed by atoms with E-state index in [4.69, 9.17) is 13.9 Å². The minimum Gasteiger partial charge on any atom is -0.413 e. The van der Waals surface area contributed by atoms with Crippen LogP contribution in [0.3, 0.4) is 0 Å². The van der Waals surface area contributed by atoms with Crippen LogP contribution < -0.4 is 0 Å². The Labute approximate surface area is 162 Å². The molecule has 26 heavy (non-hydrogen) atoms. The number of carbonyl (C=O) groups excluding carboxylic acids is 1. The van der Waals surface area contributed by atoms with Gasteiger partial charge >= 0.3 is 0 Å². The maximum atomic E-state index is 11.5. The molecule has 4 nitrogen and oxygen atoms in total. The van der Waals surface area contributed by atoms with E-state index in [1.165, 1.54) is 5.57 Å². The first kappa shape index (κ1) is 25.5. The fourth-order valence-corrected chi connectivity index (χ4v) is 4.13. The molecule has 0 heterocycles. The van der Waals surface area contributed by atoms with Crippen LogP contribution in [0.5, 0.6) is 0 Å². The molecule has 0 N–H and O–H groups in total. The van der Waals surface area contributed by atoms with E-state index >= 15 is 0 Å². The average molecular weight is 387 g/mol. The van der Waals surface area contributed by atoms with Crippen molar-refractivity contribution in [3.63, 3.8) is 0 Å². The summed E-state index contributed by atoms with van der Waals surface area (Å²) in [6, 6.07) is 0. The Balaban J connectivity index is 4.94. The van der Waals surface area contributed by atoms with Crippen molar-refractivity contribution in [2.24, 2.45) is 11.8 Å². The molecule has 0 aromatic rings. The molecular formula is C21H42O4Si. The number of allylic oxidation sites excluding steroid dienone is 1. The number of ether oxygens (including phenoxy) is 2. The Kier molecular flexibility index (Phi) is 11.2. The Morgan fingerprint density at radius 3 is 2.15 bits per heavy atom. The quantitative estimate of drug-likeness (QED) is 0.190. The van der Waals surface area contributed by atoms with Crippen LogP contribution in [-0.4, -0.2) is 40.2 Å². The van der Waals surface area contributed by atoms with Crippen LogP contribution >= 0.6 is 0 Å². The van der Waals surface area contributed by atoms with Gasteiger partial charge in [0.25, 0.3) is 0 Å². The zero-order valence-electron chi connectivity index (χ0n) is 18.7. The van der Waals surface area contributed by atoms with Gasteiger partial charge in [-0.25, -0.2) is 0 Å². The van der Waals surface area contributed by atoms with Crippen LogP contribution in [0.15, 0.2) is 11.6 Å². The molecule has 0 fully saturated rings. The predicted octanol–water partition coefficient (Wildman–Crippen LogP) is 5.58. The molecule has 0 aliphatic rings. The molecule has 5 heteroatoms. The van der Waals surface area contributed by atoms with Crippen LogP contribution in [0.1, 0.15) is 61.8 Å². The van der Waals surface area contributed by atoms with E-state index in [0.717, 1.165) is 12.7 Å². The average Bonchev–Trinajstić information content (AvgIpc) is 2.50. The lowest BCUT2D eigenvalue weighted by Crippen LogP contribution is -2.47. The Morgan fingerprint density at radius 1 is 1.12 bits per heavy atom. The smallest absolute Gasteiger partial charge is 0.192 e. The maximum Gasteiger partial charge on any atom is 0.192 e. The van der Waals surface area contributed by atoms with Crippen molar-refractivity contribution in [1.82, 2.24) is 0 Å². The predicted molar refractivity (Wildman–Crippen MR) is 112 cm³/mol. The zero-order chi connectivity index (χ0) is 20.5. The molecule has 0 aromatic heterocycles. The van der Waals surface area contributed by atoms with E-state index in [0.29, 0.717) is 13.2 Å². The highest BCUT2D eigenvalue weighted by Crippen LogP contribution is 2.39. The monoisotopic (exact) mass is 386 g/mol. The first-order valence-corrected chi connectivity index (χ1v) is 12.8. The van der Waals surface area contributed by atoms with E-state index in [-0.39, 0.29) is 29.3 Å². The molecule has 154 valence electrons. The Morgan fingerprint density at radius 2 is 1.69 bits per heavy atom. The second kappa shape index (κ2) is 11.4. The van der Waals surface area contributed by atoms with Crippen molar-refractivity contribution < 1.29 is 18.7 Å². The van der Waals surface area contributed by atoms with E-state index < -0.39 is 8.32 Å². The Hall–Kier alpha value is -0.493. The molecule has 0 radical (unpaired) electrons. The van der Waals surface area contributed by atoms with E-state index in [1.807, 2.05) is 20.8 Å². The molecule has 0 bridgehead atoms. The summed E-state index contributed by atoms with van der Waals surface area (Å²) in [4.78, 5) is 11.5. The number of aldehydes is 1. The highest BCUT2D eigenvalue weighted by atomic mass is 28.4. The zero-order valence-corrected chi connectivity index (χ0v) is 19.7. The molecule has 0 saturated heterocycles. The fraction of sp³-hybridized carbons (Fsp3) is 0.857. The van der Waals surface area contributed by atoms with Crippen LogP contribution in [0.2, 0.25) is 18.1 Å². The lowest BCUT2D eigenvalue weighted by atomic mass is 9.89. The largest absolute Gasteiger partial charge is 0.413 e. The normalized spacial score (nSPS) is 18.3. The summed E-state index contributed by atoms with van der Waals surface area (Å²) in [7, 11) is -1.93. The number of rotatable bonds is 12.